The molecule has 2 aliphatic rings. The van der Waals surface area contributed by atoms with E-state index in [0.29, 0.717) is 19.5 Å². The number of hydrogen-bond acceptors (Lipinski definition) is 2. The molecule has 25 heavy (non-hydrogen) atoms. The second kappa shape index (κ2) is 7.03. The second-order valence-corrected chi connectivity index (χ2v) is 7.50. The van der Waals surface area contributed by atoms with Crippen molar-refractivity contribution in [3.05, 3.63) is 47.5 Å². The molecule has 1 atom stereocenters. The lowest BCUT2D eigenvalue weighted by Gasteiger charge is -2.52. The number of rotatable bonds is 3. The van der Waals surface area contributed by atoms with E-state index in [1.54, 1.807) is 6.08 Å². The second-order valence-electron chi connectivity index (χ2n) is 7.50. The van der Waals surface area contributed by atoms with Crippen molar-refractivity contribution >= 4 is 11.8 Å². The predicted octanol–water partition coefficient (Wildman–Crippen LogP) is 3.48. The molecular formula is C21H28N2O2. The Kier molecular flexibility index (Phi) is 4.98. The van der Waals surface area contributed by atoms with Gasteiger partial charge in [-0.05, 0) is 62.8 Å². The largest absolute Gasteiger partial charge is 0.336 e. The van der Waals surface area contributed by atoms with Gasteiger partial charge >= 0.3 is 0 Å². The van der Waals surface area contributed by atoms with Gasteiger partial charge < -0.3 is 9.80 Å². The minimum absolute atomic E-state index is 0.0822. The molecule has 2 amide bonds. The van der Waals surface area contributed by atoms with Crippen LogP contribution in [-0.2, 0) is 4.79 Å². The third-order valence-electron chi connectivity index (χ3n) is 5.81. The number of aryl methyl sites for hydroxylation is 2. The lowest BCUT2D eigenvalue weighted by molar-refractivity contribution is -0.143. The van der Waals surface area contributed by atoms with Gasteiger partial charge in [0.2, 0.25) is 5.91 Å². The summed E-state index contributed by atoms with van der Waals surface area (Å²) < 4.78 is 0. The number of hydrogen-bond donors (Lipinski definition) is 0. The Labute approximate surface area is 150 Å². The van der Waals surface area contributed by atoms with E-state index < -0.39 is 0 Å². The summed E-state index contributed by atoms with van der Waals surface area (Å²) in [4.78, 5) is 29.4. The summed E-state index contributed by atoms with van der Waals surface area (Å²) in [7, 11) is 0. The Balaban J connectivity index is 1.84. The normalized spacial score (nSPS) is 23.8. The molecule has 2 saturated heterocycles. The molecule has 2 heterocycles. The minimum atomic E-state index is -0.211. The summed E-state index contributed by atoms with van der Waals surface area (Å²) in [5.41, 5.74) is 2.87. The van der Waals surface area contributed by atoms with Gasteiger partial charge in [0.1, 0.15) is 0 Å². The molecule has 1 aromatic rings. The van der Waals surface area contributed by atoms with Crippen LogP contribution in [-0.4, -0.2) is 46.8 Å². The zero-order chi connectivity index (χ0) is 18.0. The van der Waals surface area contributed by atoms with Crippen molar-refractivity contribution in [2.24, 2.45) is 0 Å². The lowest BCUT2D eigenvalue weighted by Crippen LogP contribution is -2.63. The highest BCUT2D eigenvalue weighted by Crippen LogP contribution is 2.37. The SMILES string of the molecule is C=CCN1C(=O)CCCC12CCCN(C(=O)c1ccc(C)c(C)c1)C2. The van der Waals surface area contributed by atoms with Crippen molar-refractivity contribution in [3.63, 3.8) is 0 Å². The predicted molar refractivity (Wildman–Crippen MR) is 99.5 cm³/mol. The zero-order valence-corrected chi connectivity index (χ0v) is 15.4. The summed E-state index contributed by atoms with van der Waals surface area (Å²) >= 11 is 0. The van der Waals surface area contributed by atoms with Crippen LogP contribution in [0.15, 0.2) is 30.9 Å². The molecule has 0 saturated carbocycles. The number of carbonyl (C=O) groups is 2. The van der Waals surface area contributed by atoms with E-state index in [4.69, 9.17) is 0 Å². The standard InChI is InChI=1S/C21H28N2O2/c1-4-12-23-19(24)7-5-10-21(23)11-6-13-22(15-21)20(25)18-9-8-16(2)17(3)14-18/h4,8-9,14H,1,5-7,10-13,15H2,2-3H3. The highest BCUT2D eigenvalue weighted by Gasteiger charge is 2.45. The molecule has 2 fully saturated rings. The molecule has 1 unspecified atom stereocenters. The molecule has 1 aromatic carbocycles. The lowest BCUT2D eigenvalue weighted by atomic mass is 9.79. The van der Waals surface area contributed by atoms with Gasteiger partial charge in [0, 0.05) is 31.6 Å². The van der Waals surface area contributed by atoms with Gasteiger partial charge in [-0.25, -0.2) is 0 Å². The minimum Gasteiger partial charge on any atom is -0.336 e. The van der Waals surface area contributed by atoms with Gasteiger partial charge in [0.15, 0.2) is 0 Å². The quantitative estimate of drug-likeness (QED) is 0.791. The molecule has 0 radical (unpaired) electrons. The monoisotopic (exact) mass is 340 g/mol. The van der Waals surface area contributed by atoms with E-state index in [-0.39, 0.29) is 17.4 Å². The van der Waals surface area contributed by atoms with Gasteiger partial charge in [0.25, 0.3) is 5.91 Å². The smallest absolute Gasteiger partial charge is 0.253 e. The fourth-order valence-corrected chi connectivity index (χ4v) is 4.29. The highest BCUT2D eigenvalue weighted by atomic mass is 16.2. The van der Waals surface area contributed by atoms with E-state index in [0.717, 1.165) is 43.4 Å². The maximum absolute atomic E-state index is 13.0. The van der Waals surface area contributed by atoms with Crippen molar-refractivity contribution in [2.45, 2.75) is 51.5 Å². The first-order valence-electron chi connectivity index (χ1n) is 9.25. The number of nitrogens with zero attached hydrogens (tertiary/aromatic N) is 2. The van der Waals surface area contributed by atoms with Crippen molar-refractivity contribution in [1.29, 1.82) is 0 Å². The first-order valence-corrected chi connectivity index (χ1v) is 9.25. The van der Waals surface area contributed by atoms with Crippen LogP contribution >= 0.6 is 0 Å². The molecule has 0 N–H and O–H groups in total. The Morgan fingerprint density at radius 1 is 1.24 bits per heavy atom. The molecule has 2 aliphatic heterocycles. The molecule has 4 heteroatoms. The molecule has 0 aromatic heterocycles. The number of benzene rings is 1. The Hall–Kier alpha value is -2.10. The van der Waals surface area contributed by atoms with Gasteiger partial charge in [-0.15, -0.1) is 6.58 Å². The maximum Gasteiger partial charge on any atom is 0.253 e. The van der Waals surface area contributed by atoms with Crippen molar-refractivity contribution in [1.82, 2.24) is 9.80 Å². The highest BCUT2D eigenvalue weighted by molar-refractivity contribution is 5.94. The molecule has 134 valence electrons. The van der Waals surface area contributed by atoms with E-state index in [2.05, 4.69) is 13.5 Å². The topological polar surface area (TPSA) is 40.6 Å². The fourth-order valence-electron chi connectivity index (χ4n) is 4.29. The zero-order valence-electron chi connectivity index (χ0n) is 15.4. The van der Waals surface area contributed by atoms with Crippen LogP contribution < -0.4 is 0 Å². The van der Waals surface area contributed by atoms with Gasteiger partial charge in [-0.2, -0.15) is 0 Å². The van der Waals surface area contributed by atoms with Gasteiger partial charge in [-0.3, -0.25) is 9.59 Å². The molecule has 4 nitrogen and oxygen atoms in total. The number of amides is 2. The summed E-state index contributed by atoms with van der Waals surface area (Å²) in [5, 5.41) is 0. The van der Waals surface area contributed by atoms with Crippen molar-refractivity contribution in [3.8, 4) is 0 Å². The van der Waals surface area contributed by atoms with Crippen LogP contribution in [0.1, 0.15) is 53.6 Å². The summed E-state index contributed by atoms with van der Waals surface area (Å²) in [6.07, 6.45) is 6.22. The average Bonchev–Trinajstić information content (AvgIpc) is 2.60. The van der Waals surface area contributed by atoms with E-state index in [1.165, 1.54) is 5.56 Å². The van der Waals surface area contributed by atoms with Crippen LogP contribution in [0.4, 0.5) is 0 Å². The molecule has 0 aliphatic carbocycles. The van der Waals surface area contributed by atoms with Crippen LogP contribution in [0.3, 0.4) is 0 Å². The number of likely N-dealkylation sites (tertiary alicyclic amines) is 2. The average molecular weight is 340 g/mol. The third-order valence-corrected chi connectivity index (χ3v) is 5.81. The van der Waals surface area contributed by atoms with E-state index in [9.17, 15) is 9.59 Å². The van der Waals surface area contributed by atoms with Crippen LogP contribution in [0.25, 0.3) is 0 Å². The first-order chi connectivity index (χ1) is 12.0. The third kappa shape index (κ3) is 3.35. The summed E-state index contributed by atoms with van der Waals surface area (Å²) in [6, 6.07) is 5.91. The van der Waals surface area contributed by atoms with Gasteiger partial charge in [0.05, 0.1) is 5.54 Å². The Morgan fingerprint density at radius 3 is 2.72 bits per heavy atom. The Bertz CT molecular complexity index is 693. The molecule has 1 spiro atoms. The van der Waals surface area contributed by atoms with Crippen LogP contribution in [0, 0.1) is 13.8 Å². The van der Waals surface area contributed by atoms with Crippen LogP contribution in [0.5, 0.6) is 0 Å². The summed E-state index contributed by atoms with van der Waals surface area (Å²) in [5.74, 6) is 0.283. The summed E-state index contributed by atoms with van der Waals surface area (Å²) in [6.45, 7) is 9.88. The number of piperidine rings is 2. The van der Waals surface area contributed by atoms with E-state index >= 15 is 0 Å². The van der Waals surface area contributed by atoms with Crippen molar-refractivity contribution in [2.75, 3.05) is 19.6 Å². The molecular weight excluding hydrogens is 312 g/mol. The molecule has 3 rings (SSSR count). The van der Waals surface area contributed by atoms with Gasteiger partial charge in [-0.1, -0.05) is 12.1 Å². The van der Waals surface area contributed by atoms with Crippen LogP contribution in [0.2, 0.25) is 0 Å². The first kappa shape index (κ1) is 17.7. The molecule has 0 bridgehead atoms. The van der Waals surface area contributed by atoms with E-state index in [1.807, 2.05) is 34.9 Å². The fraction of sp³-hybridized carbons (Fsp3) is 0.524. The Morgan fingerprint density at radius 2 is 2.00 bits per heavy atom. The maximum atomic E-state index is 13.0. The number of carbonyl (C=O) groups excluding carboxylic acids is 2. The van der Waals surface area contributed by atoms with Crippen molar-refractivity contribution < 1.29 is 9.59 Å².